The Bertz CT molecular complexity index is 1060. The largest absolute Gasteiger partial charge is 0.333 e. The number of pyridine rings is 1. The van der Waals surface area contributed by atoms with Crippen molar-refractivity contribution in [2.45, 2.75) is 6.92 Å². The quantitative estimate of drug-likeness (QED) is 0.530. The molecule has 0 fully saturated rings. The molecular formula is C18H14N2OS. The molecule has 0 atom stereocenters. The second-order valence-electron chi connectivity index (χ2n) is 5.40. The van der Waals surface area contributed by atoms with Gasteiger partial charge in [-0.2, -0.15) is 4.37 Å². The fourth-order valence-electron chi connectivity index (χ4n) is 3.02. The van der Waals surface area contributed by atoms with E-state index in [1.54, 1.807) is 0 Å². The summed E-state index contributed by atoms with van der Waals surface area (Å²) >= 11 is 1.39. The van der Waals surface area contributed by atoms with Crippen LogP contribution in [0.4, 0.5) is 0 Å². The molecule has 4 aromatic rings. The van der Waals surface area contributed by atoms with Gasteiger partial charge in [0.1, 0.15) is 4.83 Å². The molecule has 0 amide bonds. The lowest BCUT2D eigenvalue weighted by Gasteiger charge is -2.12. The Hall–Kier alpha value is -2.46. The summed E-state index contributed by atoms with van der Waals surface area (Å²) in [6.07, 6.45) is 0. The van der Waals surface area contributed by atoms with Crippen molar-refractivity contribution in [3.63, 3.8) is 0 Å². The Labute approximate surface area is 131 Å². The van der Waals surface area contributed by atoms with E-state index >= 15 is 0 Å². The SMILES string of the molecule is Cc1nsc2c1c(=O)c1cccc(-c3ccccc3)c1n2C. The predicted molar refractivity (Wildman–Crippen MR) is 92.5 cm³/mol. The first-order chi connectivity index (χ1) is 10.7. The van der Waals surface area contributed by atoms with Crippen molar-refractivity contribution in [3.8, 4) is 11.1 Å². The molecule has 2 aromatic carbocycles. The molecule has 108 valence electrons. The van der Waals surface area contributed by atoms with Gasteiger partial charge in [0.25, 0.3) is 0 Å². The molecule has 0 unspecified atom stereocenters. The Balaban J connectivity index is 2.25. The average molecular weight is 306 g/mol. The Morgan fingerprint density at radius 1 is 1.05 bits per heavy atom. The first kappa shape index (κ1) is 13.2. The van der Waals surface area contributed by atoms with E-state index in [1.165, 1.54) is 11.5 Å². The van der Waals surface area contributed by atoms with Gasteiger partial charge in [0, 0.05) is 18.0 Å². The maximum Gasteiger partial charge on any atom is 0.200 e. The van der Waals surface area contributed by atoms with Crippen LogP contribution in [0.25, 0.3) is 32.2 Å². The smallest absolute Gasteiger partial charge is 0.200 e. The maximum absolute atomic E-state index is 12.9. The zero-order valence-electron chi connectivity index (χ0n) is 12.3. The van der Waals surface area contributed by atoms with Gasteiger partial charge in [-0.25, -0.2) is 0 Å². The first-order valence-corrected chi connectivity index (χ1v) is 7.89. The molecule has 0 spiro atoms. The molecule has 0 saturated carbocycles. The molecule has 3 nitrogen and oxygen atoms in total. The molecule has 0 bridgehead atoms. The van der Waals surface area contributed by atoms with Crippen LogP contribution in [0.15, 0.2) is 53.3 Å². The van der Waals surface area contributed by atoms with E-state index in [2.05, 4.69) is 27.1 Å². The van der Waals surface area contributed by atoms with Crippen LogP contribution in [0.2, 0.25) is 0 Å². The van der Waals surface area contributed by atoms with Crippen molar-refractivity contribution < 1.29 is 0 Å². The van der Waals surface area contributed by atoms with E-state index in [1.807, 2.05) is 44.3 Å². The number of hydrogen-bond donors (Lipinski definition) is 0. The topological polar surface area (TPSA) is 34.9 Å². The molecule has 4 rings (SSSR count). The number of aryl methyl sites for hydroxylation is 2. The number of nitrogens with zero attached hydrogens (tertiary/aromatic N) is 2. The minimum atomic E-state index is 0.0760. The molecule has 0 saturated heterocycles. The summed E-state index contributed by atoms with van der Waals surface area (Å²) in [5.74, 6) is 0. The fraction of sp³-hybridized carbons (Fsp3) is 0.111. The second kappa shape index (κ2) is 4.78. The van der Waals surface area contributed by atoms with Crippen LogP contribution >= 0.6 is 11.5 Å². The molecule has 2 aromatic heterocycles. The van der Waals surface area contributed by atoms with E-state index in [0.717, 1.165) is 37.9 Å². The zero-order chi connectivity index (χ0) is 15.3. The lowest BCUT2D eigenvalue weighted by atomic mass is 10.0. The van der Waals surface area contributed by atoms with Crippen molar-refractivity contribution >= 4 is 32.7 Å². The van der Waals surface area contributed by atoms with Gasteiger partial charge in [0.05, 0.1) is 16.6 Å². The molecule has 2 heterocycles. The molecule has 0 N–H and O–H groups in total. The summed E-state index contributed by atoms with van der Waals surface area (Å²) in [5, 5.41) is 1.49. The van der Waals surface area contributed by atoms with Crippen LogP contribution in [0.1, 0.15) is 5.69 Å². The van der Waals surface area contributed by atoms with Crippen LogP contribution in [-0.4, -0.2) is 8.94 Å². The van der Waals surface area contributed by atoms with Gasteiger partial charge in [0.15, 0.2) is 5.43 Å². The van der Waals surface area contributed by atoms with E-state index in [4.69, 9.17) is 0 Å². The van der Waals surface area contributed by atoms with Crippen LogP contribution in [-0.2, 0) is 7.05 Å². The van der Waals surface area contributed by atoms with Crippen molar-refractivity contribution in [2.24, 2.45) is 7.05 Å². The van der Waals surface area contributed by atoms with Gasteiger partial charge < -0.3 is 4.57 Å². The van der Waals surface area contributed by atoms with E-state index in [9.17, 15) is 4.79 Å². The normalized spacial score (nSPS) is 11.4. The lowest BCUT2D eigenvalue weighted by molar-refractivity contribution is 1.01. The summed E-state index contributed by atoms with van der Waals surface area (Å²) in [5.41, 5.74) is 4.05. The number of aromatic nitrogens is 2. The van der Waals surface area contributed by atoms with Crippen LogP contribution in [0, 0.1) is 6.92 Å². The monoisotopic (exact) mass is 306 g/mol. The minimum absolute atomic E-state index is 0.0760. The van der Waals surface area contributed by atoms with Gasteiger partial charge in [-0.05, 0) is 30.1 Å². The number of rotatable bonds is 1. The summed E-state index contributed by atoms with van der Waals surface area (Å²) in [6.45, 7) is 1.90. The van der Waals surface area contributed by atoms with Crippen molar-refractivity contribution in [2.75, 3.05) is 0 Å². The number of para-hydroxylation sites is 1. The molecule has 0 aliphatic rings. The van der Waals surface area contributed by atoms with Crippen LogP contribution in [0.5, 0.6) is 0 Å². The highest BCUT2D eigenvalue weighted by atomic mass is 32.1. The Kier molecular flexibility index (Phi) is 2.87. The fourth-order valence-corrected chi connectivity index (χ4v) is 3.88. The summed E-state index contributed by atoms with van der Waals surface area (Å²) in [7, 11) is 2.01. The third kappa shape index (κ3) is 1.74. The second-order valence-corrected chi connectivity index (χ2v) is 6.16. The van der Waals surface area contributed by atoms with E-state index in [-0.39, 0.29) is 5.43 Å². The molecule has 0 radical (unpaired) electrons. The van der Waals surface area contributed by atoms with Crippen molar-refractivity contribution in [1.82, 2.24) is 8.94 Å². The highest BCUT2D eigenvalue weighted by molar-refractivity contribution is 7.13. The third-order valence-electron chi connectivity index (χ3n) is 4.08. The maximum atomic E-state index is 12.9. The van der Waals surface area contributed by atoms with Gasteiger partial charge in [-0.1, -0.05) is 42.5 Å². The molecule has 0 aliphatic heterocycles. The van der Waals surface area contributed by atoms with Gasteiger partial charge in [0.2, 0.25) is 0 Å². The van der Waals surface area contributed by atoms with Crippen molar-refractivity contribution in [3.05, 3.63) is 64.4 Å². The zero-order valence-corrected chi connectivity index (χ0v) is 13.1. The summed E-state index contributed by atoms with van der Waals surface area (Å²) in [4.78, 5) is 13.8. The highest BCUT2D eigenvalue weighted by Crippen LogP contribution is 2.30. The Morgan fingerprint density at radius 3 is 2.59 bits per heavy atom. The molecule has 4 heteroatoms. The van der Waals surface area contributed by atoms with Gasteiger partial charge >= 0.3 is 0 Å². The van der Waals surface area contributed by atoms with E-state index in [0.29, 0.717) is 0 Å². The van der Waals surface area contributed by atoms with Crippen LogP contribution < -0.4 is 5.43 Å². The summed E-state index contributed by atoms with van der Waals surface area (Å²) in [6, 6.07) is 16.1. The summed E-state index contributed by atoms with van der Waals surface area (Å²) < 4.78 is 6.46. The van der Waals surface area contributed by atoms with Crippen LogP contribution in [0.3, 0.4) is 0 Å². The average Bonchev–Trinajstić information content (AvgIpc) is 2.95. The molecule has 22 heavy (non-hydrogen) atoms. The standard InChI is InChI=1S/C18H14N2OS/c1-11-15-17(21)14-10-6-9-13(12-7-4-3-5-8-12)16(14)20(2)18(15)22-19-11/h3-10H,1-2H3. The van der Waals surface area contributed by atoms with Crippen molar-refractivity contribution in [1.29, 1.82) is 0 Å². The third-order valence-corrected chi connectivity index (χ3v) is 5.09. The molecule has 0 aliphatic carbocycles. The number of fused-ring (bicyclic) bond motifs is 2. The predicted octanol–water partition coefficient (Wildman–Crippen LogP) is 4.12. The first-order valence-electron chi connectivity index (χ1n) is 7.11. The van der Waals surface area contributed by atoms with Gasteiger partial charge in [-0.3, -0.25) is 4.79 Å². The lowest BCUT2D eigenvalue weighted by Crippen LogP contribution is -2.09. The molecular weight excluding hydrogens is 292 g/mol. The number of hydrogen-bond acceptors (Lipinski definition) is 3. The number of benzene rings is 2. The Morgan fingerprint density at radius 2 is 1.82 bits per heavy atom. The van der Waals surface area contributed by atoms with Gasteiger partial charge in [-0.15, -0.1) is 0 Å². The minimum Gasteiger partial charge on any atom is -0.333 e. The highest BCUT2D eigenvalue weighted by Gasteiger charge is 2.16. The van der Waals surface area contributed by atoms with E-state index < -0.39 is 0 Å².